The molecule has 0 unspecified atom stereocenters. The van der Waals surface area contributed by atoms with Crippen molar-refractivity contribution in [2.75, 3.05) is 13.2 Å². The second-order valence-corrected chi connectivity index (χ2v) is 6.34. The number of likely N-dealkylation sites (tertiary alicyclic amines) is 1. The summed E-state index contributed by atoms with van der Waals surface area (Å²) in [5.41, 5.74) is 7.14. The van der Waals surface area contributed by atoms with Crippen molar-refractivity contribution in [2.24, 2.45) is 5.73 Å². The number of nitrogens with two attached hydrogens (primary N) is 1. The van der Waals surface area contributed by atoms with Gasteiger partial charge in [-0.1, -0.05) is 12.1 Å². The van der Waals surface area contributed by atoms with Gasteiger partial charge in [0.25, 0.3) is 0 Å². The van der Waals surface area contributed by atoms with Gasteiger partial charge in [0.1, 0.15) is 5.75 Å². The van der Waals surface area contributed by atoms with Gasteiger partial charge in [-0.05, 0) is 57.2 Å². The van der Waals surface area contributed by atoms with Gasteiger partial charge in [0.15, 0.2) is 0 Å². The summed E-state index contributed by atoms with van der Waals surface area (Å²) in [6.07, 6.45) is 4.23. The van der Waals surface area contributed by atoms with Crippen molar-refractivity contribution in [3.8, 4) is 5.75 Å². The van der Waals surface area contributed by atoms with Crippen LogP contribution in [0.15, 0.2) is 24.3 Å². The first kappa shape index (κ1) is 16.8. The number of benzene rings is 1. The summed E-state index contributed by atoms with van der Waals surface area (Å²) in [7, 11) is 0. The van der Waals surface area contributed by atoms with Crippen molar-refractivity contribution in [1.82, 2.24) is 4.90 Å². The zero-order valence-electron chi connectivity index (χ0n) is 13.8. The molecule has 1 aromatic carbocycles. The number of carbonyl (C=O) groups is 1. The molecular formula is C18H28N2O2. The average Bonchev–Trinajstić information content (AvgIpc) is 2.46. The molecule has 0 saturated carbocycles. The van der Waals surface area contributed by atoms with E-state index in [2.05, 4.69) is 19.9 Å². The fraction of sp³-hybridized carbons (Fsp3) is 0.611. The summed E-state index contributed by atoms with van der Waals surface area (Å²) in [6.45, 7) is 5.62. The number of carbonyl (C=O) groups excluding carboxylic acids is 1. The van der Waals surface area contributed by atoms with E-state index in [1.54, 1.807) is 0 Å². The molecule has 4 nitrogen and oxygen atoms in total. The third kappa shape index (κ3) is 5.02. The molecule has 1 aliphatic heterocycles. The number of hydrogen-bond acceptors (Lipinski definition) is 3. The molecule has 1 aromatic rings. The van der Waals surface area contributed by atoms with Crippen LogP contribution in [0, 0.1) is 6.92 Å². The van der Waals surface area contributed by atoms with Crippen LogP contribution in [0.25, 0.3) is 0 Å². The zero-order valence-corrected chi connectivity index (χ0v) is 13.8. The van der Waals surface area contributed by atoms with Gasteiger partial charge in [-0.15, -0.1) is 0 Å². The molecule has 0 aromatic heterocycles. The van der Waals surface area contributed by atoms with Crippen molar-refractivity contribution in [3.05, 3.63) is 29.8 Å². The largest absolute Gasteiger partial charge is 0.494 e. The highest BCUT2D eigenvalue weighted by atomic mass is 16.5. The molecule has 0 bridgehead atoms. The van der Waals surface area contributed by atoms with Crippen LogP contribution < -0.4 is 10.5 Å². The lowest BCUT2D eigenvalue weighted by molar-refractivity contribution is -0.134. The van der Waals surface area contributed by atoms with Crippen molar-refractivity contribution >= 4 is 5.91 Å². The van der Waals surface area contributed by atoms with Crippen molar-refractivity contribution in [3.63, 3.8) is 0 Å². The van der Waals surface area contributed by atoms with E-state index in [1.165, 1.54) is 5.56 Å². The first-order valence-corrected chi connectivity index (χ1v) is 8.31. The molecule has 2 atom stereocenters. The minimum Gasteiger partial charge on any atom is -0.494 e. The standard InChI is InChI=1S/C18H28N2O2/c1-14-6-5-7-17(12-14)22-11-4-3-8-18(21)20-10-9-16(19)13-15(20)2/h5-7,12,15-16H,3-4,8-11,13,19H2,1-2H3/t15-,16+/m1/s1. The smallest absolute Gasteiger partial charge is 0.222 e. The maximum absolute atomic E-state index is 12.2. The van der Waals surface area contributed by atoms with E-state index in [1.807, 2.05) is 23.1 Å². The van der Waals surface area contributed by atoms with Gasteiger partial charge in [-0.25, -0.2) is 0 Å². The predicted octanol–water partition coefficient (Wildman–Crippen LogP) is 2.88. The van der Waals surface area contributed by atoms with E-state index in [-0.39, 0.29) is 18.0 Å². The van der Waals surface area contributed by atoms with Crippen molar-refractivity contribution in [2.45, 2.75) is 58.0 Å². The topological polar surface area (TPSA) is 55.6 Å². The van der Waals surface area contributed by atoms with Gasteiger partial charge in [-0.2, -0.15) is 0 Å². The number of aryl methyl sites for hydroxylation is 1. The van der Waals surface area contributed by atoms with Gasteiger partial charge < -0.3 is 15.4 Å². The highest BCUT2D eigenvalue weighted by molar-refractivity contribution is 5.76. The molecule has 1 saturated heterocycles. The second-order valence-electron chi connectivity index (χ2n) is 6.34. The second kappa shape index (κ2) is 8.18. The number of rotatable bonds is 6. The van der Waals surface area contributed by atoms with Gasteiger partial charge in [0.2, 0.25) is 5.91 Å². The van der Waals surface area contributed by atoms with E-state index in [0.717, 1.165) is 38.0 Å². The molecular weight excluding hydrogens is 276 g/mol. The quantitative estimate of drug-likeness (QED) is 0.822. The van der Waals surface area contributed by atoms with Crippen LogP contribution in [0.5, 0.6) is 5.75 Å². The molecule has 1 fully saturated rings. The Morgan fingerprint density at radius 1 is 1.41 bits per heavy atom. The first-order chi connectivity index (χ1) is 10.6. The summed E-state index contributed by atoms with van der Waals surface area (Å²) in [4.78, 5) is 14.2. The van der Waals surface area contributed by atoms with Crippen LogP contribution in [0.4, 0.5) is 0 Å². The molecule has 2 rings (SSSR count). The lowest BCUT2D eigenvalue weighted by Crippen LogP contribution is -2.48. The minimum absolute atomic E-state index is 0.252. The van der Waals surface area contributed by atoms with Gasteiger partial charge >= 0.3 is 0 Å². The maximum Gasteiger partial charge on any atom is 0.222 e. The first-order valence-electron chi connectivity index (χ1n) is 8.31. The minimum atomic E-state index is 0.252. The SMILES string of the molecule is Cc1cccc(OCCCCC(=O)N2CC[C@H](N)C[C@H]2C)c1. The van der Waals surface area contributed by atoms with Gasteiger partial charge in [0.05, 0.1) is 6.61 Å². The molecule has 0 radical (unpaired) electrons. The summed E-state index contributed by atoms with van der Waals surface area (Å²) in [6, 6.07) is 8.58. The van der Waals surface area contributed by atoms with Crippen LogP contribution >= 0.6 is 0 Å². The van der Waals surface area contributed by atoms with E-state index < -0.39 is 0 Å². The summed E-state index contributed by atoms with van der Waals surface area (Å²) < 4.78 is 5.71. The van der Waals surface area contributed by atoms with Crippen LogP contribution in [-0.2, 0) is 4.79 Å². The highest BCUT2D eigenvalue weighted by Gasteiger charge is 2.26. The lowest BCUT2D eigenvalue weighted by Gasteiger charge is -2.36. The van der Waals surface area contributed by atoms with E-state index in [9.17, 15) is 4.79 Å². The number of amides is 1. The Kier molecular flexibility index (Phi) is 6.25. The monoisotopic (exact) mass is 304 g/mol. The fourth-order valence-electron chi connectivity index (χ4n) is 3.00. The normalized spacial score (nSPS) is 21.7. The average molecular weight is 304 g/mol. The fourth-order valence-corrected chi connectivity index (χ4v) is 3.00. The Labute approximate surface area is 133 Å². The molecule has 0 spiro atoms. The molecule has 4 heteroatoms. The number of nitrogens with zero attached hydrogens (tertiary/aromatic N) is 1. The van der Waals surface area contributed by atoms with Crippen LogP contribution in [0.2, 0.25) is 0 Å². The summed E-state index contributed by atoms with van der Waals surface area (Å²) in [5, 5.41) is 0. The predicted molar refractivity (Wildman–Crippen MR) is 88.9 cm³/mol. The number of piperidine rings is 1. The van der Waals surface area contributed by atoms with Crippen LogP contribution in [0.1, 0.15) is 44.6 Å². The van der Waals surface area contributed by atoms with E-state index in [4.69, 9.17) is 10.5 Å². The summed E-state index contributed by atoms with van der Waals surface area (Å²) in [5.74, 6) is 1.17. The van der Waals surface area contributed by atoms with Crippen LogP contribution in [-0.4, -0.2) is 36.0 Å². The number of unbranched alkanes of at least 4 members (excludes halogenated alkanes) is 1. The Morgan fingerprint density at radius 2 is 2.23 bits per heavy atom. The van der Waals surface area contributed by atoms with E-state index >= 15 is 0 Å². The van der Waals surface area contributed by atoms with Crippen molar-refractivity contribution < 1.29 is 9.53 Å². The number of ether oxygens (including phenoxy) is 1. The van der Waals surface area contributed by atoms with Crippen LogP contribution in [0.3, 0.4) is 0 Å². The Hall–Kier alpha value is -1.55. The Bertz CT molecular complexity index is 490. The Morgan fingerprint density at radius 3 is 2.95 bits per heavy atom. The molecule has 1 heterocycles. The molecule has 0 aliphatic carbocycles. The summed E-state index contributed by atoms with van der Waals surface area (Å²) >= 11 is 0. The number of hydrogen-bond donors (Lipinski definition) is 1. The Balaban J connectivity index is 1.63. The van der Waals surface area contributed by atoms with Gasteiger partial charge in [0, 0.05) is 25.0 Å². The molecule has 22 heavy (non-hydrogen) atoms. The van der Waals surface area contributed by atoms with Gasteiger partial charge in [-0.3, -0.25) is 4.79 Å². The zero-order chi connectivity index (χ0) is 15.9. The lowest BCUT2D eigenvalue weighted by atomic mass is 9.98. The highest BCUT2D eigenvalue weighted by Crippen LogP contribution is 2.18. The molecule has 1 aliphatic rings. The molecule has 2 N–H and O–H groups in total. The van der Waals surface area contributed by atoms with Crippen molar-refractivity contribution in [1.29, 1.82) is 0 Å². The third-order valence-electron chi connectivity index (χ3n) is 4.28. The van der Waals surface area contributed by atoms with E-state index in [0.29, 0.717) is 13.0 Å². The molecule has 1 amide bonds. The molecule has 122 valence electrons. The third-order valence-corrected chi connectivity index (χ3v) is 4.28. The maximum atomic E-state index is 12.2.